The van der Waals surface area contributed by atoms with Crippen LogP contribution in [0.25, 0.3) is 11.1 Å². The molecule has 0 aliphatic carbocycles. The van der Waals surface area contributed by atoms with Gasteiger partial charge in [-0.2, -0.15) is 21.6 Å². The molecule has 37 heavy (non-hydrogen) atoms. The summed E-state index contributed by atoms with van der Waals surface area (Å²) in [5, 5.41) is 2.95. The normalized spacial score (nSPS) is 14.1. The SMILES string of the molecule is O=C(NCCCCN1CCc2cc(OS(=O)(=O)C(F)(F)F)ccc2C1)c1ccc(-c2ccccc2)cc1. The van der Waals surface area contributed by atoms with Crippen molar-refractivity contribution in [2.24, 2.45) is 0 Å². The molecular weight excluding hydrogens is 505 g/mol. The molecule has 1 N–H and O–H groups in total. The van der Waals surface area contributed by atoms with Gasteiger partial charge in [-0.15, -0.1) is 0 Å². The fourth-order valence-corrected chi connectivity index (χ4v) is 4.66. The maximum Gasteiger partial charge on any atom is 0.534 e. The Balaban J connectivity index is 1.19. The largest absolute Gasteiger partial charge is 0.534 e. The maximum absolute atomic E-state index is 12.5. The number of nitrogens with zero attached hydrogens (tertiary/aromatic N) is 1. The number of hydrogen-bond acceptors (Lipinski definition) is 5. The van der Waals surface area contributed by atoms with Crippen molar-refractivity contribution in [3.8, 4) is 16.9 Å². The number of nitrogens with one attached hydrogen (secondary N) is 1. The molecular formula is C27H27F3N2O4S. The Hall–Kier alpha value is -3.37. The molecule has 3 aromatic rings. The Kier molecular flexibility index (Phi) is 8.19. The first-order valence-electron chi connectivity index (χ1n) is 11.9. The van der Waals surface area contributed by atoms with Gasteiger partial charge in [0.05, 0.1) is 0 Å². The van der Waals surface area contributed by atoms with E-state index in [0.29, 0.717) is 31.6 Å². The number of halogens is 3. The first-order chi connectivity index (χ1) is 17.6. The van der Waals surface area contributed by atoms with E-state index in [-0.39, 0.29) is 11.7 Å². The fourth-order valence-electron chi connectivity index (χ4n) is 4.21. The summed E-state index contributed by atoms with van der Waals surface area (Å²) in [6.45, 7) is 2.67. The highest BCUT2D eigenvalue weighted by molar-refractivity contribution is 7.88. The molecule has 0 unspecified atom stereocenters. The van der Waals surface area contributed by atoms with E-state index < -0.39 is 15.6 Å². The number of carbonyl (C=O) groups excluding carboxylic acids is 1. The molecule has 0 spiro atoms. The lowest BCUT2D eigenvalue weighted by Crippen LogP contribution is -2.32. The Bertz CT molecular complexity index is 1330. The van der Waals surface area contributed by atoms with Gasteiger partial charge in [0, 0.05) is 25.2 Å². The molecule has 1 amide bonds. The zero-order chi connectivity index (χ0) is 26.5. The summed E-state index contributed by atoms with van der Waals surface area (Å²) in [7, 11) is -5.68. The third-order valence-electron chi connectivity index (χ3n) is 6.20. The molecule has 0 atom stereocenters. The molecule has 196 valence electrons. The van der Waals surface area contributed by atoms with E-state index in [1.54, 1.807) is 6.07 Å². The average Bonchev–Trinajstić information content (AvgIpc) is 2.88. The predicted molar refractivity (Wildman–Crippen MR) is 134 cm³/mol. The monoisotopic (exact) mass is 532 g/mol. The Morgan fingerprint density at radius 3 is 2.32 bits per heavy atom. The van der Waals surface area contributed by atoms with E-state index in [2.05, 4.69) is 14.4 Å². The van der Waals surface area contributed by atoms with Crippen LogP contribution in [0.1, 0.15) is 34.3 Å². The van der Waals surface area contributed by atoms with Gasteiger partial charge in [0.25, 0.3) is 5.91 Å². The van der Waals surface area contributed by atoms with Crippen molar-refractivity contribution < 1.29 is 30.6 Å². The average molecular weight is 533 g/mol. The van der Waals surface area contributed by atoms with E-state index in [9.17, 15) is 26.4 Å². The highest BCUT2D eigenvalue weighted by atomic mass is 32.2. The number of amides is 1. The maximum atomic E-state index is 12.5. The van der Waals surface area contributed by atoms with Crippen molar-refractivity contribution in [2.75, 3.05) is 19.6 Å². The van der Waals surface area contributed by atoms with Crippen LogP contribution in [-0.4, -0.2) is 44.4 Å². The molecule has 1 aliphatic heterocycles. The molecule has 0 aromatic heterocycles. The van der Waals surface area contributed by atoms with Gasteiger partial charge < -0.3 is 9.50 Å². The van der Waals surface area contributed by atoms with Crippen molar-refractivity contribution in [1.29, 1.82) is 0 Å². The molecule has 0 radical (unpaired) electrons. The van der Waals surface area contributed by atoms with Crippen LogP contribution in [0.4, 0.5) is 13.2 Å². The molecule has 6 nitrogen and oxygen atoms in total. The van der Waals surface area contributed by atoms with E-state index in [1.807, 2.05) is 54.6 Å². The minimum Gasteiger partial charge on any atom is -0.376 e. The molecule has 0 fully saturated rings. The first-order valence-corrected chi connectivity index (χ1v) is 13.3. The van der Waals surface area contributed by atoms with Crippen LogP contribution >= 0.6 is 0 Å². The minimum absolute atomic E-state index is 0.114. The summed E-state index contributed by atoms with van der Waals surface area (Å²) in [5.74, 6) is -0.452. The summed E-state index contributed by atoms with van der Waals surface area (Å²) in [6.07, 6.45) is 2.25. The molecule has 0 bridgehead atoms. The van der Waals surface area contributed by atoms with E-state index >= 15 is 0 Å². The van der Waals surface area contributed by atoms with Gasteiger partial charge in [0.1, 0.15) is 5.75 Å². The fraction of sp³-hybridized carbons (Fsp3) is 0.296. The zero-order valence-corrected chi connectivity index (χ0v) is 20.8. The topological polar surface area (TPSA) is 75.7 Å². The van der Waals surface area contributed by atoms with Crippen molar-refractivity contribution >= 4 is 16.0 Å². The standard InChI is InChI=1S/C27H27F3N2O4S/c28-27(29,30)37(34,35)36-25-13-12-24-19-32(17-14-23(24)18-25)16-5-4-15-31-26(33)22-10-8-21(9-11-22)20-6-2-1-3-7-20/h1-3,6-13,18H,4-5,14-17,19H2,(H,31,33). The lowest BCUT2D eigenvalue weighted by molar-refractivity contribution is -0.0500. The quantitative estimate of drug-likeness (QED) is 0.234. The number of benzene rings is 3. The molecule has 3 aromatic carbocycles. The third kappa shape index (κ3) is 6.90. The first kappa shape index (κ1) is 26.7. The van der Waals surface area contributed by atoms with Gasteiger partial charge in [-0.3, -0.25) is 9.69 Å². The summed E-state index contributed by atoms with van der Waals surface area (Å²) < 4.78 is 64.3. The van der Waals surface area contributed by atoms with Gasteiger partial charge in [-0.05, 0) is 72.3 Å². The number of carbonyl (C=O) groups is 1. The van der Waals surface area contributed by atoms with Crippen LogP contribution in [0.5, 0.6) is 5.75 Å². The number of hydrogen-bond donors (Lipinski definition) is 1. The second-order valence-corrected chi connectivity index (χ2v) is 10.4. The van der Waals surface area contributed by atoms with E-state index in [0.717, 1.165) is 41.6 Å². The molecule has 10 heteroatoms. The summed E-state index contributed by atoms with van der Waals surface area (Å²) >= 11 is 0. The van der Waals surface area contributed by atoms with Crippen LogP contribution in [0.2, 0.25) is 0 Å². The minimum atomic E-state index is -5.68. The molecule has 4 rings (SSSR count). The van der Waals surface area contributed by atoms with Crippen LogP contribution in [0.15, 0.2) is 72.8 Å². The van der Waals surface area contributed by atoms with Gasteiger partial charge >= 0.3 is 15.6 Å². The van der Waals surface area contributed by atoms with E-state index in [4.69, 9.17) is 0 Å². The van der Waals surface area contributed by atoms with Crippen LogP contribution < -0.4 is 9.50 Å². The van der Waals surface area contributed by atoms with Crippen molar-refractivity contribution in [3.63, 3.8) is 0 Å². The second kappa shape index (κ2) is 11.4. The van der Waals surface area contributed by atoms with Crippen molar-refractivity contribution in [2.45, 2.75) is 31.3 Å². The van der Waals surface area contributed by atoms with Gasteiger partial charge in [-0.25, -0.2) is 0 Å². The van der Waals surface area contributed by atoms with E-state index in [1.165, 1.54) is 12.1 Å². The number of unbranched alkanes of at least 4 members (excludes halogenated alkanes) is 1. The smallest absolute Gasteiger partial charge is 0.376 e. The van der Waals surface area contributed by atoms with Gasteiger partial charge in [0.2, 0.25) is 0 Å². The number of rotatable bonds is 9. The lowest BCUT2D eigenvalue weighted by Gasteiger charge is -2.29. The number of alkyl halides is 3. The van der Waals surface area contributed by atoms with Gasteiger partial charge in [0.15, 0.2) is 0 Å². The van der Waals surface area contributed by atoms with Crippen LogP contribution in [-0.2, 0) is 23.1 Å². The summed E-state index contributed by atoms with van der Waals surface area (Å²) in [5.41, 5.74) is -1.01. The highest BCUT2D eigenvalue weighted by Crippen LogP contribution is 2.29. The molecule has 1 heterocycles. The van der Waals surface area contributed by atoms with Crippen molar-refractivity contribution in [3.05, 3.63) is 89.5 Å². The Morgan fingerprint density at radius 1 is 0.919 bits per heavy atom. The van der Waals surface area contributed by atoms with Gasteiger partial charge in [-0.1, -0.05) is 48.5 Å². The lowest BCUT2D eigenvalue weighted by atomic mass is 9.99. The van der Waals surface area contributed by atoms with Crippen molar-refractivity contribution in [1.82, 2.24) is 10.2 Å². The summed E-state index contributed by atoms with van der Waals surface area (Å²) in [4.78, 5) is 14.7. The zero-order valence-electron chi connectivity index (χ0n) is 20.0. The molecule has 0 saturated carbocycles. The highest BCUT2D eigenvalue weighted by Gasteiger charge is 2.48. The molecule has 1 aliphatic rings. The molecule has 0 saturated heterocycles. The van der Waals surface area contributed by atoms with Crippen LogP contribution in [0.3, 0.4) is 0 Å². The second-order valence-electron chi connectivity index (χ2n) is 8.85. The summed E-state index contributed by atoms with van der Waals surface area (Å²) in [6, 6.07) is 21.7. The van der Waals surface area contributed by atoms with Crippen LogP contribution in [0, 0.1) is 0 Å². The third-order valence-corrected chi connectivity index (χ3v) is 7.18. The Labute approximate surface area is 214 Å². The number of fused-ring (bicyclic) bond motifs is 1. The predicted octanol–water partition coefficient (Wildman–Crippen LogP) is 5.15. The Morgan fingerprint density at radius 2 is 1.62 bits per heavy atom.